The second-order valence-corrected chi connectivity index (χ2v) is 10.1. The number of carbonyl (C=O) groups is 1. The fourth-order valence-electron chi connectivity index (χ4n) is 3.37. The Morgan fingerprint density at radius 1 is 1.10 bits per heavy atom. The Hall–Kier alpha value is -1.84. The number of anilines is 1. The van der Waals surface area contributed by atoms with Crippen molar-refractivity contribution < 1.29 is 22.7 Å². The van der Waals surface area contributed by atoms with Crippen molar-refractivity contribution in [1.82, 2.24) is 9.62 Å². The SMILES string of the molecule is CC(C)S(=O)(=O)NC1CCN(C(=O)Nc2ccc(OC3CCOCC3)cc2)CC1. The molecule has 9 heteroatoms. The van der Waals surface area contributed by atoms with Crippen LogP contribution in [0.3, 0.4) is 0 Å². The molecular weight excluding hydrogens is 394 g/mol. The van der Waals surface area contributed by atoms with E-state index in [4.69, 9.17) is 9.47 Å². The molecule has 3 rings (SSSR count). The Kier molecular flexibility index (Phi) is 7.37. The van der Waals surface area contributed by atoms with Gasteiger partial charge in [-0.15, -0.1) is 0 Å². The Bertz CT molecular complexity index is 768. The third-order valence-electron chi connectivity index (χ3n) is 5.31. The lowest BCUT2D eigenvalue weighted by Crippen LogP contribution is -2.48. The number of likely N-dealkylation sites (tertiary alicyclic amines) is 1. The van der Waals surface area contributed by atoms with Crippen LogP contribution in [-0.4, -0.2) is 63.0 Å². The van der Waals surface area contributed by atoms with Crippen molar-refractivity contribution in [3.8, 4) is 5.75 Å². The summed E-state index contributed by atoms with van der Waals surface area (Å²) in [5, 5.41) is 2.44. The van der Waals surface area contributed by atoms with Crippen LogP contribution in [-0.2, 0) is 14.8 Å². The van der Waals surface area contributed by atoms with Gasteiger partial charge in [0.25, 0.3) is 0 Å². The summed E-state index contributed by atoms with van der Waals surface area (Å²) in [6, 6.07) is 7.09. The van der Waals surface area contributed by atoms with Gasteiger partial charge in [0.1, 0.15) is 11.9 Å². The summed E-state index contributed by atoms with van der Waals surface area (Å²) in [7, 11) is -3.29. The Morgan fingerprint density at radius 3 is 2.31 bits per heavy atom. The third-order valence-corrected chi connectivity index (χ3v) is 7.21. The molecule has 2 N–H and O–H groups in total. The number of carbonyl (C=O) groups excluding carboxylic acids is 1. The number of urea groups is 1. The molecule has 2 aliphatic heterocycles. The summed E-state index contributed by atoms with van der Waals surface area (Å²) in [6.07, 6.45) is 3.18. The van der Waals surface area contributed by atoms with E-state index >= 15 is 0 Å². The van der Waals surface area contributed by atoms with Crippen molar-refractivity contribution in [3.63, 3.8) is 0 Å². The van der Waals surface area contributed by atoms with Crippen LogP contribution in [0.25, 0.3) is 0 Å². The zero-order valence-electron chi connectivity index (χ0n) is 17.1. The summed E-state index contributed by atoms with van der Waals surface area (Å²) in [6.45, 7) is 5.81. The normalized spacial score (nSPS) is 19.3. The predicted molar refractivity (Wildman–Crippen MR) is 112 cm³/mol. The van der Waals surface area contributed by atoms with Crippen molar-refractivity contribution in [2.75, 3.05) is 31.6 Å². The molecule has 0 spiro atoms. The number of rotatable bonds is 6. The number of nitrogens with one attached hydrogen (secondary N) is 2. The van der Waals surface area contributed by atoms with Gasteiger partial charge in [0, 0.05) is 37.7 Å². The molecule has 2 fully saturated rings. The molecule has 2 heterocycles. The van der Waals surface area contributed by atoms with E-state index < -0.39 is 15.3 Å². The summed E-state index contributed by atoms with van der Waals surface area (Å²) in [4.78, 5) is 14.2. The number of hydrogen-bond acceptors (Lipinski definition) is 5. The zero-order chi connectivity index (χ0) is 20.9. The molecule has 8 nitrogen and oxygen atoms in total. The monoisotopic (exact) mass is 425 g/mol. The molecule has 162 valence electrons. The minimum atomic E-state index is -3.29. The molecule has 0 unspecified atom stereocenters. The van der Waals surface area contributed by atoms with E-state index in [0.29, 0.717) is 31.6 Å². The lowest BCUT2D eigenvalue weighted by molar-refractivity contribution is 0.0256. The van der Waals surface area contributed by atoms with Crippen LogP contribution >= 0.6 is 0 Å². The van der Waals surface area contributed by atoms with Gasteiger partial charge in [0.05, 0.1) is 18.5 Å². The second kappa shape index (κ2) is 9.77. The first-order valence-electron chi connectivity index (χ1n) is 10.2. The molecule has 0 atom stereocenters. The van der Waals surface area contributed by atoms with Crippen LogP contribution in [0.2, 0.25) is 0 Å². The van der Waals surface area contributed by atoms with Crippen LogP contribution in [0.4, 0.5) is 10.5 Å². The first-order valence-corrected chi connectivity index (χ1v) is 11.8. The number of amides is 2. The molecule has 0 saturated carbocycles. The minimum absolute atomic E-state index is 0.118. The van der Waals surface area contributed by atoms with E-state index in [1.165, 1.54) is 0 Å². The van der Waals surface area contributed by atoms with E-state index in [1.807, 2.05) is 24.3 Å². The van der Waals surface area contributed by atoms with Crippen LogP contribution < -0.4 is 14.8 Å². The van der Waals surface area contributed by atoms with Gasteiger partial charge in [-0.2, -0.15) is 0 Å². The van der Waals surface area contributed by atoms with Crippen molar-refractivity contribution in [3.05, 3.63) is 24.3 Å². The minimum Gasteiger partial charge on any atom is -0.490 e. The molecule has 2 saturated heterocycles. The molecule has 2 amide bonds. The molecule has 2 aliphatic rings. The zero-order valence-corrected chi connectivity index (χ0v) is 17.9. The maximum atomic E-state index is 12.5. The number of piperidine rings is 1. The second-order valence-electron chi connectivity index (χ2n) is 7.86. The van der Waals surface area contributed by atoms with Gasteiger partial charge in [-0.1, -0.05) is 0 Å². The number of benzene rings is 1. The maximum absolute atomic E-state index is 12.5. The predicted octanol–water partition coefficient (Wildman–Crippen LogP) is 2.57. The molecule has 0 radical (unpaired) electrons. The number of sulfonamides is 1. The van der Waals surface area contributed by atoms with Crippen molar-refractivity contribution in [1.29, 1.82) is 0 Å². The standard InChI is InChI=1S/C20H31N3O5S/c1-15(2)29(25,26)22-17-7-11-23(12-8-17)20(24)21-16-3-5-18(6-4-16)28-19-9-13-27-14-10-19/h3-6,15,17,19,22H,7-14H2,1-2H3,(H,21,24). The molecule has 1 aromatic rings. The summed E-state index contributed by atoms with van der Waals surface area (Å²) >= 11 is 0. The molecule has 0 bridgehead atoms. The van der Waals surface area contributed by atoms with Gasteiger partial charge < -0.3 is 19.7 Å². The molecule has 29 heavy (non-hydrogen) atoms. The van der Waals surface area contributed by atoms with Crippen molar-refractivity contribution in [2.24, 2.45) is 0 Å². The molecule has 1 aromatic carbocycles. The van der Waals surface area contributed by atoms with Crippen LogP contribution in [0.15, 0.2) is 24.3 Å². The Balaban J connectivity index is 1.44. The first kappa shape index (κ1) is 21.9. The highest BCUT2D eigenvalue weighted by atomic mass is 32.2. The fourth-order valence-corrected chi connectivity index (χ4v) is 4.35. The van der Waals surface area contributed by atoms with Gasteiger partial charge in [-0.25, -0.2) is 17.9 Å². The van der Waals surface area contributed by atoms with Crippen molar-refractivity contribution in [2.45, 2.75) is 56.9 Å². The van der Waals surface area contributed by atoms with Gasteiger partial charge in [-0.3, -0.25) is 0 Å². The van der Waals surface area contributed by atoms with Gasteiger partial charge >= 0.3 is 6.03 Å². The van der Waals surface area contributed by atoms with Gasteiger partial charge in [0.2, 0.25) is 10.0 Å². The Labute approximate surface area is 173 Å². The largest absolute Gasteiger partial charge is 0.490 e. The van der Waals surface area contributed by atoms with E-state index in [0.717, 1.165) is 31.8 Å². The average Bonchev–Trinajstić information content (AvgIpc) is 2.70. The topological polar surface area (TPSA) is 97.0 Å². The van der Waals surface area contributed by atoms with Gasteiger partial charge in [-0.05, 0) is 51.0 Å². The maximum Gasteiger partial charge on any atom is 0.321 e. The first-order chi connectivity index (χ1) is 13.8. The van der Waals surface area contributed by atoms with Gasteiger partial charge in [0.15, 0.2) is 0 Å². The van der Waals surface area contributed by atoms with Crippen LogP contribution in [0.1, 0.15) is 39.5 Å². The molecule has 0 aliphatic carbocycles. The highest BCUT2D eigenvalue weighted by Gasteiger charge is 2.27. The van der Waals surface area contributed by atoms with E-state index in [2.05, 4.69) is 10.0 Å². The molecular formula is C20H31N3O5S. The quantitative estimate of drug-likeness (QED) is 0.730. The highest BCUT2D eigenvalue weighted by molar-refractivity contribution is 7.90. The van der Waals surface area contributed by atoms with Crippen molar-refractivity contribution >= 4 is 21.7 Å². The summed E-state index contributed by atoms with van der Waals surface area (Å²) in [5.74, 6) is 0.785. The van der Waals surface area contributed by atoms with E-state index in [1.54, 1.807) is 18.7 Å². The summed E-state index contributed by atoms with van der Waals surface area (Å²) < 4.78 is 38.0. The van der Waals surface area contributed by atoms with E-state index in [-0.39, 0.29) is 18.2 Å². The lowest BCUT2D eigenvalue weighted by atomic mass is 10.1. The number of ether oxygens (including phenoxy) is 2. The number of nitrogens with zero attached hydrogens (tertiary/aromatic N) is 1. The summed E-state index contributed by atoms with van der Waals surface area (Å²) in [5.41, 5.74) is 0.706. The number of hydrogen-bond donors (Lipinski definition) is 2. The van der Waals surface area contributed by atoms with Crippen LogP contribution in [0, 0.1) is 0 Å². The Morgan fingerprint density at radius 2 is 1.72 bits per heavy atom. The highest BCUT2D eigenvalue weighted by Crippen LogP contribution is 2.21. The molecule has 0 aromatic heterocycles. The lowest BCUT2D eigenvalue weighted by Gasteiger charge is -2.32. The average molecular weight is 426 g/mol. The smallest absolute Gasteiger partial charge is 0.321 e. The van der Waals surface area contributed by atoms with Crippen LogP contribution in [0.5, 0.6) is 5.75 Å². The fraction of sp³-hybridized carbons (Fsp3) is 0.650. The third kappa shape index (κ3) is 6.32. The van der Waals surface area contributed by atoms with E-state index in [9.17, 15) is 13.2 Å².